The summed E-state index contributed by atoms with van der Waals surface area (Å²) in [6, 6.07) is 11.8. The molecule has 6 nitrogen and oxygen atoms in total. The minimum Gasteiger partial charge on any atom is -0.353 e. The normalized spacial score (nSPS) is 22.6. The van der Waals surface area contributed by atoms with E-state index >= 15 is 0 Å². The smallest absolute Gasteiger partial charge is 0.294 e. The number of aromatic nitrogens is 1. The maximum Gasteiger partial charge on any atom is 0.294 e. The van der Waals surface area contributed by atoms with Crippen molar-refractivity contribution in [2.45, 2.75) is 11.8 Å². The number of hydrogen-bond donors (Lipinski definition) is 2. The average Bonchev–Trinajstić information content (AvgIpc) is 2.61. The van der Waals surface area contributed by atoms with Crippen molar-refractivity contribution in [2.24, 2.45) is 5.92 Å². The molecule has 1 aliphatic rings. The van der Waals surface area contributed by atoms with Gasteiger partial charge >= 0.3 is 0 Å². The third kappa shape index (κ3) is 3.95. The predicted molar refractivity (Wildman–Crippen MR) is 104 cm³/mol. The van der Waals surface area contributed by atoms with Crippen LogP contribution in [0.4, 0.5) is 5.69 Å². The van der Waals surface area contributed by atoms with Gasteiger partial charge in [0.05, 0.1) is 28.4 Å². The summed E-state index contributed by atoms with van der Waals surface area (Å²) in [4.78, 5) is 14.7. The number of ketones is 1. The lowest BCUT2D eigenvalue weighted by Crippen LogP contribution is -2.41. The zero-order valence-electron chi connectivity index (χ0n) is 14.3. The minimum absolute atomic E-state index is 0.0834. The van der Waals surface area contributed by atoms with Gasteiger partial charge in [-0.2, -0.15) is 8.42 Å². The Morgan fingerprint density at radius 3 is 2.52 bits per heavy atom. The van der Waals surface area contributed by atoms with Crippen LogP contribution in [0.2, 0.25) is 0 Å². The second kappa shape index (κ2) is 7.26. The number of Topliss-reactive ketones (excluding diaryl/α,β-unsaturated/α-hetero) is 1. The maximum absolute atomic E-state index is 12.9. The zero-order valence-corrected chi connectivity index (χ0v) is 15.9. The monoisotopic (exact) mass is 404 g/mol. The molecule has 1 aromatic heterocycles. The molecule has 140 valence electrons. The predicted octanol–water partition coefficient (Wildman–Crippen LogP) is 3.66. The Hall–Kier alpha value is -2.48. The largest absolute Gasteiger partial charge is 0.353 e. The molecule has 0 spiro atoms. The van der Waals surface area contributed by atoms with E-state index in [1.54, 1.807) is 48.7 Å². The summed E-state index contributed by atoms with van der Waals surface area (Å²) in [6.07, 6.45) is 6.04. The number of allylic oxidation sites excluding steroid dienone is 3. The SMILES string of the molecule is CC1(Cl)C(S(=O)(=O)O)=C(Nc2cccnc2)C=CC1C(=O)c1ccccc1. The van der Waals surface area contributed by atoms with Gasteiger partial charge < -0.3 is 5.32 Å². The highest BCUT2D eigenvalue weighted by Crippen LogP contribution is 2.43. The Bertz CT molecular complexity index is 1020. The molecule has 0 radical (unpaired) electrons. The van der Waals surface area contributed by atoms with Gasteiger partial charge in [0.15, 0.2) is 5.78 Å². The highest BCUT2D eigenvalue weighted by molar-refractivity contribution is 7.90. The molecular weight excluding hydrogens is 388 g/mol. The van der Waals surface area contributed by atoms with E-state index in [2.05, 4.69) is 10.3 Å². The second-order valence-electron chi connectivity index (χ2n) is 6.23. The third-order valence-electron chi connectivity index (χ3n) is 4.27. The molecule has 0 aliphatic heterocycles. The van der Waals surface area contributed by atoms with Gasteiger partial charge in [-0.1, -0.05) is 36.4 Å². The molecule has 0 bridgehead atoms. The number of carbonyl (C=O) groups is 1. The summed E-state index contributed by atoms with van der Waals surface area (Å²) in [7, 11) is -4.69. The van der Waals surface area contributed by atoms with Gasteiger partial charge in [-0.15, -0.1) is 11.6 Å². The number of rotatable bonds is 5. The standard InChI is InChI=1S/C19H17ClN2O4S/c1-19(20)15(17(23)13-6-3-2-4-7-13)9-10-16(18(19)27(24,25)26)22-14-8-5-11-21-12-14/h2-12,15,22H,1H3,(H,24,25,26). The highest BCUT2D eigenvalue weighted by Gasteiger charge is 2.47. The molecular formula is C19H17ClN2O4S. The van der Waals surface area contributed by atoms with Crippen molar-refractivity contribution in [3.8, 4) is 0 Å². The number of anilines is 1. The lowest BCUT2D eigenvalue weighted by Gasteiger charge is -2.34. The van der Waals surface area contributed by atoms with Crippen LogP contribution >= 0.6 is 11.6 Å². The van der Waals surface area contributed by atoms with Crippen molar-refractivity contribution < 1.29 is 17.8 Å². The Balaban J connectivity index is 2.06. The fourth-order valence-corrected chi connectivity index (χ4v) is 4.65. The van der Waals surface area contributed by atoms with E-state index in [4.69, 9.17) is 11.6 Å². The summed E-state index contributed by atoms with van der Waals surface area (Å²) in [5.74, 6) is -1.32. The topological polar surface area (TPSA) is 96.4 Å². The molecule has 0 amide bonds. The fourth-order valence-electron chi connectivity index (χ4n) is 3.05. The molecule has 2 aromatic rings. The summed E-state index contributed by atoms with van der Waals surface area (Å²) in [5.41, 5.74) is 0.996. The van der Waals surface area contributed by atoms with Crippen molar-refractivity contribution in [2.75, 3.05) is 5.32 Å². The van der Waals surface area contributed by atoms with Crippen LogP contribution in [-0.4, -0.2) is 28.6 Å². The number of halogens is 1. The molecule has 2 unspecified atom stereocenters. The lowest BCUT2D eigenvalue weighted by molar-refractivity contribution is 0.0931. The number of nitrogens with zero attached hydrogens (tertiary/aromatic N) is 1. The number of benzene rings is 1. The van der Waals surface area contributed by atoms with Crippen LogP contribution in [-0.2, 0) is 10.1 Å². The van der Waals surface area contributed by atoms with Gasteiger partial charge in [-0.05, 0) is 25.1 Å². The van der Waals surface area contributed by atoms with Crippen LogP contribution in [0.25, 0.3) is 0 Å². The van der Waals surface area contributed by atoms with E-state index in [9.17, 15) is 17.8 Å². The number of carbonyl (C=O) groups excluding carboxylic acids is 1. The average molecular weight is 405 g/mol. The first kappa shape index (κ1) is 19.3. The van der Waals surface area contributed by atoms with Gasteiger partial charge in [-0.3, -0.25) is 14.3 Å². The molecule has 1 aromatic carbocycles. The molecule has 27 heavy (non-hydrogen) atoms. The third-order valence-corrected chi connectivity index (χ3v) is 5.96. The Labute approximate surface area is 162 Å². The number of nitrogens with one attached hydrogen (secondary N) is 1. The zero-order chi connectivity index (χ0) is 19.7. The summed E-state index contributed by atoms with van der Waals surface area (Å²) < 4.78 is 34.1. The van der Waals surface area contributed by atoms with Gasteiger partial charge in [0.25, 0.3) is 10.1 Å². The molecule has 1 heterocycles. The fraction of sp³-hybridized carbons (Fsp3) is 0.158. The number of alkyl halides is 1. The van der Waals surface area contributed by atoms with Gasteiger partial charge in [0.2, 0.25) is 0 Å². The van der Waals surface area contributed by atoms with Crippen molar-refractivity contribution in [3.63, 3.8) is 0 Å². The molecule has 8 heteroatoms. The molecule has 0 saturated carbocycles. The van der Waals surface area contributed by atoms with Crippen LogP contribution in [0.1, 0.15) is 17.3 Å². The summed E-state index contributed by atoms with van der Waals surface area (Å²) in [5, 5.41) is 2.89. The molecule has 2 atom stereocenters. The minimum atomic E-state index is -4.69. The van der Waals surface area contributed by atoms with Crippen molar-refractivity contribution in [1.82, 2.24) is 4.98 Å². The van der Waals surface area contributed by atoms with E-state index in [1.807, 2.05) is 0 Å². The van der Waals surface area contributed by atoms with E-state index in [1.165, 1.54) is 25.3 Å². The van der Waals surface area contributed by atoms with E-state index in [-0.39, 0.29) is 11.5 Å². The Morgan fingerprint density at radius 2 is 1.93 bits per heavy atom. The first-order valence-electron chi connectivity index (χ1n) is 8.07. The number of pyridine rings is 1. The van der Waals surface area contributed by atoms with E-state index in [0.29, 0.717) is 11.3 Å². The van der Waals surface area contributed by atoms with Crippen molar-refractivity contribution in [1.29, 1.82) is 0 Å². The van der Waals surface area contributed by atoms with Crippen LogP contribution < -0.4 is 5.32 Å². The molecule has 0 saturated heterocycles. The van der Waals surface area contributed by atoms with Crippen molar-refractivity contribution >= 4 is 33.2 Å². The van der Waals surface area contributed by atoms with Crippen molar-refractivity contribution in [3.05, 3.63) is 83.2 Å². The number of hydrogen-bond acceptors (Lipinski definition) is 5. The Kier molecular flexibility index (Phi) is 5.19. The first-order chi connectivity index (χ1) is 12.7. The molecule has 2 N–H and O–H groups in total. The Morgan fingerprint density at radius 1 is 1.22 bits per heavy atom. The highest BCUT2D eigenvalue weighted by atomic mass is 35.5. The molecule has 0 fully saturated rings. The summed E-state index contributed by atoms with van der Waals surface area (Å²) >= 11 is 6.57. The van der Waals surface area contributed by atoms with E-state index in [0.717, 1.165) is 0 Å². The van der Waals surface area contributed by atoms with Gasteiger partial charge in [0, 0.05) is 11.8 Å². The second-order valence-corrected chi connectivity index (χ2v) is 8.37. The van der Waals surface area contributed by atoms with Gasteiger partial charge in [0.1, 0.15) is 4.91 Å². The van der Waals surface area contributed by atoms with Crippen LogP contribution in [0.15, 0.2) is 77.6 Å². The van der Waals surface area contributed by atoms with Crippen LogP contribution in [0.3, 0.4) is 0 Å². The van der Waals surface area contributed by atoms with Crippen LogP contribution in [0, 0.1) is 5.92 Å². The van der Waals surface area contributed by atoms with E-state index < -0.39 is 25.8 Å². The maximum atomic E-state index is 12.9. The summed E-state index contributed by atoms with van der Waals surface area (Å²) in [6.45, 7) is 1.40. The molecule has 1 aliphatic carbocycles. The quantitative estimate of drug-likeness (QED) is 0.448. The van der Waals surface area contributed by atoms with Gasteiger partial charge in [-0.25, -0.2) is 0 Å². The van der Waals surface area contributed by atoms with Crippen LogP contribution in [0.5, 0.6) is 0 Å². The lowest BCUT2D eigenvalue weighted by atomic mass is 9.82. The molecule has 3 rings (SSSR count). The first-order valence-corrected chi connectivity index (χ1v) is 9.88.